The summed E-state index contributed by atoms with van der Waals surface area (Å²) in [5.41, 5.74) is 0.284. The molecule has 1 heterocycles. The molecule has 1 amide bonds. The van der Waals surface area contributed by atoms with Gasteiger partial charge >= 0.3 is 0 Å². The minimum atomic E-state index is -3.77. The molecular formula is C17H24N4O4S. The van der Waals surface area contributed by atoms with Crippen molar-refractivity contribution >= 4 is 21.6 Å². The van der Waals surface area contributed by atoms with Crippen molar-refractivity contribution in [3.63, 3.8) is 0 Å². The first kappa shape index (κ1) is 20.0. The Morgan fingerprint density at radius 3 is 2.81 bits per heavy atom. The van der Waals surface area contributed by atoms with Gasteiger partial charge in [-0.25, -0.2) is 8.42 Å². The second-order valence-corrected chi connectivity index (χ2v) is 7.98. The van der Waals surface area contributed by atoms with Crippen LogP contribution in [0.4, 0.5) is 5.69 Å². The van der Waals surface area contributed by atoms with Crippen LogP contribution in [-0.4, -0.2) is 58.3 Å². The van der Waals surface area contributed by atoms with Gasteiger partial charge in [-0.1, -0.05) is 6.92 Å². The highest BCUT2D eigenvalue weighted by Crippen LogP contribution is 2.26. The summed E-state index contributed by atoms with van der Waals surface area (Å²) in [4.78, 5) is 14.9. The van der Waals surface area contributed by atoms with E-state index in [-0.39, 0.29) is 17.2 Å². The molecule has 1 aliphatic heterocycles. The summed E-state index contributed by atoms with van der Waals surface area (Å²) in [6.45, 7) is 4.56. The smallest absolute Gasteiger partial charge is 0.255 e. The van der Waals surface area contributed by atoms with Gasteiger partial charge in [0.25, 0.3) is 5.91 Å². The third kappa shape index (κ3) is 4.45. The predicted molar refractivity (Wildman–Crippen MR) is 98.5 cm³/mol. The highest BCUT2D eigenvalue weighted by atomic mass is 32.2. The highest BCUT2D eigenvalue weighted by Gasteiger charge is 2.25. The molecule has 1 atom stereocenters. The third-order valence-corrected chi connectivity index (χ3v) is 5.44. The molecule has 0 spiro atoms. The first-order valence-corrected chi connectivity index (χ1v) is 10.3. The number of nitriles is 1. The van der Waals surface area contributed by atoms with E-state index in [9.17, 15) is 13.2 Å². The number of sulfonamides is 1. The van der Waals surface area contributed by atoms with Crippen LogP contribution in [0.5, 0.6) is 5.75 Å². The summed E-state index contributed by atoms with van der Waals surface area (Å²) in [5.74, 6) is -0.0468. The maximum Gasteiger partial charge on any atom is 0.255 e. The van der Waals surface area contributed by atoms with Gasteiger partial charge in [0.15, 0.2) is 6.19 Å². The average Bonchev–Trinajstić information content (AvgIpc) is 3.06. The monoisotopic (exact) mass is 380 g/mol. The average molecular weight is 380 g/mol. The molecule has 1 aromatic carbocycles. The number of carbonyl (C=O) groups excluding carboxylic acids is 1. The van der Waals surface area contributed by atoms with Gasteiger partial charge < -0.3 is 10.1 Å². The van der Waals surface area contributed by atoms with E-state index in [0.717, 1.165) is 32.2 Å². The molecular weight excluding hydrogens is 356 g/mol. The summed E-state index contributed by atoms with van der Waals surface area (Å²) in [6, 6.07) is 4.55. The van der Waals surface area contributed by atoms with Crippen LogP contribution in [0, 0.1) is 11.5 Å². The molecule has 1 N–H and O–H groups in total. The van der Waals surface area contributed by atoms with E-state index < -0.39 is 10.0 Å². The first-order valence-electron chi connectivity index (χ1n) is 8.42. The maximum absolute atomic E-state index is 12.6. The second-order valence-electron chi connectivity index (χ2n) is 6.15. The number of carbonyl (C=O) groups is 1. The minimum absolute atomic E-state index is 0.0944. The van der Waals surface area contributed by atoms with Gasteiger partial charge in [-0.05, 0) is 44.1 Å². The van der Waals surface area contributed by atoms with E-state index in [2.05, 4.69) is 17.1 Å². The van der Waals surface area contributed by atoms with E-state index in [0.29, 0.717) is 22.6 Å². The zero-order valence-corrected chi connectivity index (χ0v) is 16.0. The summed E-state index contributed by atoms with van der Waals surface area (Å²) >= 11 is 0. The molecule has 2 rings (SSSR count). The molecule has 0 bridgehead atoms. The van der Waals surface area contributed by atoms with E-state index in [4.69, 9.17) is 10.00 Å². The Bertz CT molecular complexity index is 803. The quantitative estimate of drug-likeness (QED) is 0.562. The topological polar surface area (TPSA) is 103 Å². The number of methoxy groups -OCH3 is 1. The predicted octanol–water partition coefficient (Wildman–Crippen LogP) is 1.16. The molecule has 1 unspecified atom stereocenters. The standard InChI is InChI=1S/C17H24N4O4S/c1-4-20-9-5-6-14(20)11-19-17(22)15-10-13(7-8-16(15)25-2)21(12-18)26(3,23)24/h7-8,10,14H,4-6,9,11H2,1-3H3,(H,19,22). The lowest BCUT2D eigenvalue weighted by molar-refractivity contribution is 0.0938. The zero-order chi connectivity index (χ0) is 19.3. The molecule has 9 heteroatoms. The fourth-order valence-electron chi connectivity index (χ4n) is 3.17. The van der Waals surface area contributed by atoms with Gasteiger partial charge in [-0.2, -0.15) is 9.57 Å². The number of hydrogen-bond acceptors (Lipinski definition) is 6. The van der Waals surface area contributed by atoms with Gasteiger partial charge in [0.2, 0.25) is 10.0 Å². The number of nitrogens with zero attached hydrogens (tertiary/aromatic N) is 3. The molecule has 1 aliphatic rings. The molecule has 0 saturated carbocycles. The van der Waals surface area contributed by atoms with Crippen molar-refractivity contribution in [1.29, 1.82) is 5.26 Å². The second kappa shape index (κ2) is 8.38. The van der Waals surface area contributed by atoms with E-state index in [1.807, 2.05) is 0 Å². The normalized spacial score (nSPS) is 17.5. The van der Waals surface area contributed by atoms with Gasteiger partial charge in [0, 0.05) is 12.6 Å². The lowest BCUT2D eigenvalue weighted by atomic mass is 10.1. The van der Waals surface area contributed by atoms with Crippen molar-refractivity contribution in [3.8, 4) is 11.9 Å². The van der Waals surface area contributed by atoms with Gasteiger partial charge in [0.1, 0.15) is 5.75 Å². The summed E-state index contributed by atoms with van der Waals surface area (Å²) in [6.07, 6.45) is 4.69. The lowest BCUT2D eigenvalue weighted by Crippen LogP contribution is -2.40. The Morgan fingerprint density at radius 1 is 1.50 bits per heavy atom. The Labute approximate surface area is 154 Å². The lowest BCUT2D eigenvalue weighted by Gasteiger charge is -2.23. The fraction of sp³-hybridized carbons (Fsp3) is 0.529. The molecule has 26 heavy (non-hydrogen) atoms. The Kier molecular flexibility index (Phi) is 6.45. The molecule has 0 aromatic heterocycles. The summed E-state index contributed by atoms with van der Waals surface area (Å²) in [7, 11) is -2.34. The highest BCUT2D eigenvalue weighted by molar-refractivity contribution is 7.92. The number of anilines is 1. The fourth-order valence-corrected chi connectivity index (χ4v) is 3.82. The van der Waals surface area contributed by atoms with E-state index in [1.54, 1.807) is 6.19 Å². The van der Waals surface area contributed by atoms with Crippen molar-refractivity contribution in [3.05, 3.63) is 23.8 Å². The van der Waals surface area contributed by atoms with Crippen LogP contribution in [0.1, 0.15) is 30.1 Å². The van der Waals surface area contributed by atoms with Crippen molar-refractivity contribution < 1.29 is 17.9 Å². The number of ether oxygens (including phenoxy) is 1. The van der Waals surface area contributed by atoms with Crippen LogP contribution >= 0.6 is 0 Å². The van der Waals surface area contributed by atoms with E-state index in [1.165, 1.54) is 25.3 Å². The number of rotatable bonds is 7. The van der Waals surface area contributed by atoms with Crippen molar-refractivity contribution in [2.75, 3.05) is 37.3 Å². The molecule has 0 radical (unpaired) electrons. The maximum atomic E-state index is 12.6. The van der Waals surface area contributed by atoms with Crippen LogP contribution in [0.3, 0.4) is 0 Å². The van der Waals surface area contributed by atoms with Crippen LogP contribution < -0.4 is 14.4 Å². The van der Waals surface area contributed by atoms with E-state index >= 15 is 0 Å². The first-order chi connectivity index (χ1) is 12.3. The molecule has 142 valence electrons. The SMILES string of the molecule is CCN1CCCC1CNC(=O)c1cc(N(C#N)S(C)(=O)=O)ccc1OC. The largest absolute Gasteiger partial charge is 0.496 e. The van der Waals surface area contributed by atoms with Crippen LogP contribution in [0.25, 0.3) is 0 Å². The number of amides is 1. The third-order valence-electron chi connectivity index (χ3n) is 4.49. The van der Waals surface area contributed by atoms with Crippen molar-refractivity contribution in [2.45, 2.75) is 25.8 Å². The zero-order valence-electron chi connectivity index (χ0n) is 15.2. The van der Waals surface area contributed by atoms with Crippen LogP contribution in [0.2, 0.25) is 0 Å². The Hall–Kier alpha value is -2.31. The van der Waals surface area contributed by atoms with Crippen molar-refractivity contribution in [1.82, 2.24) is 10.2 Å². The molecule has 0 aliphatic carbocycles. The Morgan fingerprint density at radius 2 is 2.23 bits per heavy atom. The van der Waals surface area contributed by atoms with Gasteiger partial charge in [-0.3, -0.25) is 9.69 Å². The number of hydrogen-bond donors (Lipinski definition) is 1. The molecule has 1 saturated heterocycles. The Balaban J connectivity index is 2.22. The number of likely N-dealkylation sites (N-methyl/N-ethyl adjacent to an activating group) is 1. The molecule has 1 aromatic rings. The van der Waals surface area contributed by atoms with Gasteiger partial charge in [-0.15, -0.1) is 0 Å². The molecule has 8 nitrogen and oxygen atoms in total. The summed E-state index contributed by atoms with van der Waals surface area (Å²) < 4.78 is 29.2. The number of nitrogens with one attached hydrogen (secondary N) is 1. The molecule has 1 fully saturated rings. The van der Waals surface area contributed by atoms with Crippen LogP contribution in [0.15, 0.2) is 18.2 Å². The number of likely N-dealkylation sites (tertiary alicyclic amines) is 1. The summed E-state index contributed by atoms with van der Waals surface area (Å²) in [5, 5.41) is 12.0. The van der Waals surface area contributed by atoms with Crippen molar-refractivity contribution in [2.24, 2.45) is 0 Å². The van der Waals surface area contributed by atoms with Gasteiger partial charge in [0.05, 0.1) is 24.6 Å². The van der Waals surface area contributed by atoms with Crippen LogP contribution in [-0.2, 0) is 10.0 Å². The number of benzene rings is 1. The minimum Gasteiger partial charge on any atom is -0.496 e.